The van der Waals surface area contributed by atoms with Crippen molar-refractivity contribution in [3.05, 3.63) is 17.5 Å². The minimum atomic E-state index is -4.42. The number of anilines is 1. The van der Waals surface area contributed by atoms with Crippen LogP contribution in [0.15, 0.2) is 12.4 Å². The van der Waals surface area contributed by atoms with Crippen molar-refractivity contribution in [3.63, 3.8) is 0 Å². The number of hydrogen-bond acceptors (Lipinski definition) is 8. The van der Waals surface area contributed by atoms with Gasteiger partial charge in [0.25, 0.3) is 0 Å². The van der Waals surface area contributed by atoms with Crippen LogP contribution in [0, 0.1) is 5.92 Å². The van der Waals surface area contributed by atoms with Gasteiger partial charge in [0.2, 0.25) is 0 Å². The van der Waals surface area contributed by atoms with Crippen molar-refractivity contribution in [1.29, 1.82) is 0 Å². The Morgan fingerprint density at radius 1 is 1.26 bits per heavy atom. The summed E-state index contributed by atoms with van der Waals surface area (Å²) < 4.78 is 17.2. The first-order chi connectivity index (χ1) is 14.7. The third kappa shape index (κ3) is 4.63. The number of pyridine rings is 1. The molecule has 0 aromatic carbocycles. The monoisotopic (exact) mass is 474 g/mol. The van der Waals surface area contributed by atoms with E-state index in [1.54, 1.807) is 6.07 Å². The fraction of sp³-hybridized carbons (Fsp3) is 0.611. The topological polar surface area (TPSA) is 167 Å². The van der Waals surface area contributed by atoms with Crippen LogP contribution in [-0.4, -0.2) is 71.5 Å². The molecule has 0 aliphatic heterocycles. The highest BCUT2D eigenvalue weighted by Gasteiger charge is 2.50. The van der Waals surface area contributed by atoms with Gasteiger partial charge >= 0.3 is 7.60 Å². The zero-order valence-corrected chi connectivity index (χ0v) is 18.1. The van der Waals surface area contributed by atoms with E-state index in [0.717, 1.165) is 25.7 Å². The van der Waals surface area contributed by atoms with Crippen molar-refractivity contribution in [3.8, 4) is 0 Å². The molecule has 0 saturated heterocycles. The third-order valence-corrected chi connectivity index (χ3v) is 6.53. The molecular weight excluding hydrogens is 451 g/mol. The molecule has 2 fully saturated rings. The molecule has 2 heterocycles. The summed E-state index contributed by atoms with van der Waals surface area (Å²) in [7, 11) is -4.42. The Morgan fingerprint density at radius 2 is 1.97 bits per heavy atom. The summed E-state index contributed by atoms with van der Waals surface area (Å²) in [5, 5.41) is 24.5. The number of imidazole rings is 1. The Morgan fingerprint density at radius 3 is 2.65 bits per heavy atom. The zero-order valence-electron chi connectivity index (χ0n) is 16.5. The second kappa shape index (κ2) is 8.74. The molecule has 0 amide bonds. The number of carbonyl (C=O) groups excluding carboxylic acids is 1. The van der Waals surface area contributed by atoms with Crippen molar-refractivity contribution >= 4 is 41.8 Å². The van der Waals surface area contributed by atoms with Crippen LogP contribution >= 0.6 is 19.2 Å². The summed E-state index contributed by atoms with van der Waals surface area (Å²) in [4.78, 5) is 39.4. The highest BCUT2D eigenvalue weighted by atomic mass is 35.5. The van der Waals surface area contributed by atoms with Crippen LogP contribution in [0.25, 0.3) is 11.2 Å². The summed E-state index contributed by atoms with van der Waals surface area (Å²) in [6, 6.07) is 0.775. The minimum Gasteiger partial charge on any atom is -0.389 e. The Labute approximate surface area is 182 Å². The van der Waals surface area contributed by atoms with Gasteiger partial charge in [0, 0.05) is 12.1 Å². The van der Waals surface area contributed by atoms with Gasteiger partial charge < -0.3 is 34.6 Å². The predicted octanol–water partition coefficient (Wildman–Crippen LogP) is 1.05. The highest BCUT2D eigenvalue weighted by Crippen LogP contribution is 2.38. The lowest BCUT2D eigenvalue weighted by Crippen LogP contribution is -2.31. The first-order valence-electron chi connectivity index (χ1n) is 9.97. The molecule has 0 unspecified atom stereocenters. The summed E-state index contributed by atoms with van der Waals surface area (Å²) >= 11 is 6.20. The Kier molecular flexibility index (Phi) is 6.37. The number of fused-ring (bicyclic) bond motifs is 1. The van der Waals surface area contributed by atoms with Crippen molar-refractivity contribution in [2.45, 2.75) is 50.0 Å². The maximum Gasteiger partial charge on any atom is 0.350 e. The molecule has 5 N–H and O–H groups in total. The molecule has 2 saturated carbocycles. The number of aliphatic hydroxyl groups is 2. The van der Waals surface area contributed by atoms with Gasteiger partial charge in [0.05, 0.1) is 30.6 Å². The zero-order chi connectivity index (χ0) is 22.3. The predicted molar refractivity (Wildman–Crippen MR) is 111 cm³/mol. The molecule has 0 bridgehead atoms. The average molecular weight is 475 g/mol. The number of ketones is 1. The summed E-state index contributed by atoms with van der Waals surface area (Å²) in [5.41, 5.74) is 1.46. The fourth-order valence-corrected chi connectivity index (χ4v) is 4.87. The minimum absolute atomic E-state index is 0.191. The number of carbonyl (C=O) groups is 1. The molecule has 2 aromatic rings. The van der Waals surface area contributed by atoms with E-state index in [4.69, 9.17) is 26.1 Å². The largest absolute Gasteiger partial charge is 0.389 e. The van der Waals surface area contributed by atoms with E-state index in [9.17, 15) is 19.6 Å². The van der Waals surface area contributed by atoms with Crippen LogP contribution in [0.5, 0.6) is 0 Å². The van der Waals surface area contributed by atoms with E-state index in [2.05, 4.69) is 15.3 Å². The first kappa shape index (κ1) is 22.6. The van der Waals surface area contributed by atoms with Crippen LogP contribution in [0.4, 0.5) is 5.69 Å². The highest BCUT2D eigenvalue weighted by molar-refractivity contribution is 7.51. The molecule has 31 heavy (non-hydrogen) atoms. The lowest BCUT2D eigenvalue weighted by atomic mass is 10.1. The summed E-state index contributed by atoms with van der Waals surface area (Å²) in [6.07, 6.45) is 1.88. The lowest BCUT2D eigenvalue weighted by Gasteiger charge is -2.18. The van der Waals surface area contributed by atoms with Crippen molar-refractivity contribution in [2.75, 3.05) is 18.3 Å². The molecule has 170 valence electrons. The smallest absolute Gasteiger partial charge is 0.350 e. The van der Waals surface area contributed by atoms with E-state index in [1.165, 1.54) is 10.9 Å². The number of hydrogen-bond donors (Lipinski definition) is 5. The molecule has 13 heteroatoms. The van der Waals surface area contributed by atoms with Gasteiger partial charge in [0.15, 0.2) is 11.4 Å². The van der Waals surface area contributed by atoms with Crippen LogP contribution < -0.4 is 5.32 Å². The maximum absolute atomic E-state index is 13.0. The molecule has 0 spiro atoms. The number of nitrogens with zero attached hydrogens (tertiary/aromatic N) is 3. The van der Waals surface area contributed by atoms with Crippen molar-refractivity contribution < 1.29 is 34.1 Å². The molecule has 4 rings (SSSR count). The average Bonchev–Trinajstić information content (AvgIpc) is 3.38. The number of Topliss-reactive ketones (excluding diaryl/α,β-unsaturated/α-hetero) is 1. The second-order valence-electron chi connectivity index (χ2n) is 8.04. The molecule has 2 aromatic heterocycles. The van der Waals surface area contributed by atoms with Gasteiger partial charge in [-0.3, -0.25) is 9.36 Å². The number of halogens is 1. The van der Waals surface area contributed by atoms with E-state index in [0.29, 0.717) is 17.2 Å². The number of rotatable bonds is 7. The molecule has 11 nitrogen and oxygen atoms in total. The van der Waals surface area contributed by atoms with Gasteiger partial charge in [-0.2, -0.15) is 0 Å². The molecular formula is C18H24ClN4O7P. The SMILES string of the molecule is O=C1[C@H](COCP(=O)(O)O)[C@H](O)[C@H](O)[C@H]1n1cnc2c(NC3CCCC3)cc(Cl)nc21. The van der Waals surface area contributed by atoms with Crippen molar-refractivity contribution in [1.82, 2.24) is 14.5 Å². The summed E-state index contributed by atoms with van der Waals surface area (Å²) in [5.74, 6) is -1.70. The molecule has 2 aliphatic rings. The Hall–Kier alpha value is -1.59. The lowest BCUT2D eigenvalue weighted by molar-refractivity contribution is -0.126. The standard InChI is InChI=1S/C18H24ClN4O7P/c19-12-5-11(21-9-3-1-2-4-9)13-18(22-12)23(7-20-13)14-15(24)10(16(25)17(14)26)6-30-8-31(27,28)29/h5,7,9-10,14,16-17,25-26H,1-4,6,8H2,(H,21,22)(H2,27,28,29)/t10-,14-,16-,17+/m0/s1. The van der Waals surface area contributed by atoms with Crippen molar-refractivity contribution in [2.24, 2.45) is 5.92 Å². The Balaban J connectivity index is 1.61. The van der Waals surface area contributed by atoms with Crippen LogP contribution in [0.2, 0.25) is 5.15 Å². The van der Waals surface area contributed by atoms with Gasteiger partial charge in [-0.15, -0.1) is 0 Å². The quantitative estimate of drug-likeness (QED) is 0.289. The van der Waals surface area contributed by atoms with E-state index in [1.807, 2.05) is 0 Å². The molecule has 2 aliphatic carbocycles. The van der Waals surface area contributed by atoms with E-state index < -0.39 is 50.5 Å². The number of aliphatic hydroxyl groups excluding tert-OH is 2. The van der Waals surface area contributed by atoms with Gasteiger partial charge in [-0.1, -0.05) is 24.4 Å². The Bertz CT molecular complexity index is 1020. The number of aromatic nitrogens is 3. The van der Waals surface area contributed by atoms with Crippen LogP contribution in [0.3, 0.4) is 0 Å². The second-order valence-corrected chi connectivity index (χ2v) is 10.0. The van der Waals surface area contributed by atoms with Crippen LogP contribution in [0.1, 0.15) is 31.7 Å². The first-order valence-corrected chi connectivity index (χ1v) is 12.1. The molecule has 0 radical (unpaired) electrons. The van der Waals surface area contributed by atoms with Gasteiger partial charge in [-0.05, 0) is 12.8 Å². The van der Waals surface area contributed by atoms with Gasteiger partial charge in [0.1, 0.15) is 29.2 Å². The number of nitrogens with one attached hydrogen (secondary N) is 1. The fourth-order valence-electron chi connectivity index (χ4n) is 4.34. The normalized spacial score (nSPS) is 27.5. The van der Waals surface area contributed by atoms with Crippen LogP contribution in [-0.2, 0) is 14.1 Å². The summed E-state index contributed by atoms with van der Waals surface area (Å²) in [6.45, 7) is -0.437. The maximum atomic E-state index is 13.0. The number of ether oxygens (including phenoxy) is 1. The van der Waals surface area contributed by atoms with Gasteiger partial charge in [-0.25, -0.2) is 9.97 Å². The third-order valence-electron chi connectivity index (χ3n) is 5.81. The van der Waals surface area contributed by atoms with E-state index >= 15 is 0 Å². The van der Waals surface area contributed by atoms with E-state index in [-0.39, 0.29) is 10.8 Å². The molecule has 4 atom stereocenters.